The molecule has 1 heterocycles. The lowest BCUT2D eigenvalue weighted by Crippen LogP contribution is -2.20. The second-order valence-corrected chi connectivity index (χ2v) is 5.93. The maximum Gasteiger partial charge on any atom is 0.265 e. The van der Waals surface area contributed by atoms with Gasteiger partial charge in [0.15, 0.2) is 0 Å². The molecule has 0 bridgehead atoms. The van der Waals surface area contributed by atoms with Gasteiger partial charge >= 0.3 is 0 Å². The van der Waals surface area contributed by atoms with Gasteiger partial charge in [0.05, 0.1) is 5.69 Å². The second-order valence-electron chi connectivity index (χ2n) is 5.14. The fourth-order valence-corrected chi connectivity index (χ4v) is 2.78. The number of rotatable bonds is 5. The van der Waals surface area contributed by atoms with E-state index in [4.69, 9.17) is 4.74 Å². The van der Waals surface area contributed by atoms with Gasteiger partial charge in [0.1, 0.15) is 16.4 Å². The van der Waals surface area contributed by atoms with Gasteiger partial charge in [0, 0.05) is 12.5 Å². The Morgan fingerprint density at radius 2 is 2.17 bits per heavy atom. The highest BCUT2D eigenvalue weighted by molar-refractivity contribution is 9.10. The highest BCUT2D eigenvalue weighted by Crippen LogP contribution is 2.44. The maximum atomic E-state index is 11.9. The van der Waals surface area contributed by atoms with Gasteiger partial charge in [-0.25, -0.2) is 4.98 Å². The molecule has 5 heteroatoms. The Kier molecular flexibility index (Phi) is 3.28. The van der Waals surface area contributed by atoms with Crippen LogP contribution < -0.4 is 5.56 Å². The molecule has 1 aromatic heterocycles. The predicted molar refractivity (Wildman–Crippen MR) is 71.6 cm³/mol. The Bertz CT molecular complexity index is 506. The minimum Gasteiger partial charge on any atom is -0.370 e. The van der Waals surface area contributed by atoms with E-state index in [-0.39, 0.29) is 11.7 Å². The first-order valence-electron chi connectivity index (χ1n) is 6.62. The van der Waals surface area contributed by atoms with Gasteiger partial charge in [0.25, 0.3) is 5.56 Å². The van der Waals surface area contributed by atoms with Crippen molar-refractivity contribution in [2.24, 2.45) is 5.92 Å². The molecule has 0 amide bonds. The summed E-state index contributed by atoms with van der Waals surface area (Å²) in [6.45, 7) is 2.63. The summed E-state index contributed by atoms with van der Waals surface area (Å²) < 4.78 is 6.35. The number of halogens is 1. The van der Waals surface area contributed by atoms with Crippen LogP contribution in [0.2, 0.25) is 0 Å². The molecule has 2 saturated carbocycles. The summed E-state index contributed by atoms with van der Waals surface area (Å²) in [5.41, 5.74) is 0.839. The molecule has 2 aliphatic rings. The van der Waals surface area contributed by atoms with E-state index < -0.39 is 0 Å². The van der Waals surface area contributed by atoms with Crippen LogP contribution in [0.4, 0.5) is 0 Å². The standard InChI is InChI=1S/C13H17BrN2O2/c1-2-18-11(8-5-6-8)12-15-10(7-3-4-7)9(14)13(17)16-12/h7-8,11H,2-6H2,1H3,(H,15,16,17). The lowest BCUT2D eigenvalue weighted by molar-refractivity contribution is 0.0396. The molecule has 98 valence electrons. The van der Waals surface area contributed by atoms with Gasteiger partial charge in [0.2, 0.25) is 0 Å². The topological polar surface area (TPSA) is 55.0 Å². The van der Waals surface area contributed by atoms with Crippen LogP contribution in [0, 0.1) is 5.92 Å². The summed E-state index contributed by atoms with van der Waals surface area (Å²) in [6, 6.07) is 0. The molecule has 2 fully saturated rings. The summed E-state index contributed by atoms with van der Waals surface area (Å²) in [7, 11) is 0. The summed E-state index contributed by atoms with van der Waals surface area (Å²) in [4.78, 5) is 19.5. The van der Waals surface area contributed by atoms with E-state index in [9.17, 15) is 4.79 Å². The summed E-state index contributed by atoms with van der Waals surface area (Å²) in [6.07, 6.45) is 4.58. The van der Waals surface area contributed by atoms with E-state index in [0.717, 1.165) is 24.4 Å². The third-order valence-corrected chi connectivity index (χ3v) is 4.30. The Balaban J connectivity index is 1.97. The van der Waals surface area contributed by atoms with Gasteiger partial charge in [-0.1, -0.05) is 0 Å². The molecular weight excluding hydrogens is 296 g/mol. The van der Waals surface area contributed by atoms with Crippen LogP contribution in [0.5, 0.6) is 0 Å². The van der Waals surface area contributed by atoms with Gasteiger partial charge in [-0.3, -0.25) is 4.79 Å². The fraction of sp³-hybridized carbons (Fsp3) is 0.692. The maximum absolute atomic E-state index is 11.9. The number of aromatic amines is 1. The van der Waals surface area contributed by atoms with Gasteiger partial charge in [-0.15, -0.1) is 0 Å². The number of ether oxygens (including phenoxy) is 1. The van der Waals surface area contributed by atoms with Crippen molar-refractivity contribution >= 4 is 15.9 Å². The van der Waals surface area contributed by atoms with Crippen molar-refractivity contribution in [2.45, 2.75) is 44.6 Å². The van der Waals surface area contributed by atoms with Gasteiger partial charge in [-0.2, -0.15) is 0 Å². The lowest BCUT2D eigenvalue weighted by Gasteiger charge is -2.16. The molecule has 4 nitrogen and oxygen atoms in total. The van der Waals surface area contributed by atoms with Crippen molar-refractivity contribution < 1.29 is 4.74 Å². The molecule has 2 aliphatic carbocycles. The molecule has 18 heavy (non-hydrogen) atoms. The van der Waals surface area contributed by atoms with Crippen molar-refractivity contribution in [1.82, 2.24) is 9.97 Å². The van der Waals surface area contributed by atoms with E-state index in [1.807, 2.05) is 6.92 Å². The molecule has 0 saturated heterocycles. The number of H-pyrrole nitrogens is 1. The molecule has 1 atom stereocenters. The predicted octanol–water partition coefficient (Wildman–Crippen LogP) is 2.90. The Morgan fingerprint density at radius 3 is 2.72 bits per heavy atom. The third-order valence-electron chi connectivity index (χ3n) is 3.54. The van der Waals surface area contributed by atoms with E-state index in [1.54, 1.807) is 0 Å². The summed E-state index contributed by atoms with van der Waals surface area (Å²) in [5.74, 6) is 1.71. The van der Waals surface area contributed by atoms with Gasteiger partial charge in [-0.05, 0) is 54.5 Å². The zero-order valence-corrected chi connectivity index (χ0v) is 12.0. The van der Waals surface area contributed by atoms with E-state index >= 15 is 0 Å². The number of hydrogen-bond acceptors (Lipinski definition) is 3. The van der Waals surface area contributed by atoms with Crippen LogP contribution >= 0.6 is 15.9 Å². The first kappa shape index (κ1) is 12.4. The van der Waals surface area contributed by atoms with Crippen molar-refractivity contribution in [1.29, 1.82) is 0 Å². The van der Waals surface area contributed by atoms with Crippen LogP contribution in [0.3, 0.4) is 0 Å². The van der Waals surface area contributed by atoms with Gasteiger partial charge < -0.3 is 9.72 Å². The second kappa shape index (κ2) is 4.78. The zero-order valence-electron chi connectivity index (χ0n) is 10.4. The number of aromatic nitrogens is 2. The molecule has 0 spiro atoms. The minimum absolute atomic E-state index is 0.0340. The van der Waals surface area contributed by atoms with Crippen molar-refractivity contribution in [3.8, 4) is 0 Å². The first-order valence-corrected chi connectivity index (χ1v) is 7.41. The fourth-order valence-electron chi connectivity index (χ4n) is 2.27. The van der Waals surface area contributed by atoms with Crippen molar-refractivity contribution in [2.75, 3.05) is 6.61 Å². The molecule has 0 aliphatic heterocycles. The Labute approximate surface area is 114 Å². The van der Waals surface area contributed by atoms with E-state index in [1.165, 1.54) is 12.8 Å². The number of nitrogens with one attached hydrogen (secondary N) is 1. The van der Waals surface area contributed by atoms with Crippen LogP contribution in [0.25, 0.3) is 0 Å². The van der Waals surface area contributed by atoms with Crippen LogP contribution in [0.1, 0.15) is 56.1 Å². The molecule has 0 radical (unpaired) electrons. The molecule has 0 aromatic carbocycles. The average molecular weight is 313 g/mol. The highest BCUT2D eigenvalue weighted by atomic mass is 79.9. The van der Waals surface area contributed by atoms with Crippen LogP contribution in [-0.4, -0.2) is 16.6 Å². The normalized spacial score (nSPS) is 21.0. The highest BCUT2D eigenvalue weighted by Gasteiger charge is 2.36. The van der Waals surface area contributed by atoms with Crippen molar-refractivity contribution in [3.63, 3.8) is 0 Å². The SMILES string of the molecule is CCOC(c1nc(C2CC2)c(Br)c(=O)[nH]1)C1CC1. The minimum atomic E-state index is -0.0766. The number of hydrogen-bond donors (Lipinski definition) is 1. The molecule has 1 N–H and O–H groups in total. The largest absolute Gasteiger partial charge is 0.370 e. The Hall–Kier alpha value is -0.680. The molecule has 3 rings (SSSR count). The first-order chi connectivity index (χ1) is 8.70. The smallest absolute Gasteiger partial charge is 0.265 e. The van der Waals surface area contributed by atoms with E-state index in [2.05, 4.69) is 25.9 Å². The summed E-state index contributed by atoms with van der Waals surface area (Å²) in [5, 5.41) is 0. The van der Waals surface area contributed by atoms with Crippen molar-refractivity contribution in [3.05, 3.63) is 26.3 Å². The van der Waals surface area contributed by atoms with Crippen LogP contribution in [0.15, 0.2) is 9.27 Å². The monoisotopic (exact) mass is 312 g/mol. The zero-order chi connectivity index (χ0) is 12.7. The lowest BCUT2D eigenvalue weighted by atomic mass is 10.2. The quantitative estimate of drug-likeness (QED) is 0.909. The van der Waals surface area contributed by atoms with E-state index in [0.29, 0.717) is 22.9 Å². The summed E-state index contributed by atoms with van der Waals surface area (Å²) >= 11 is 3.35. The molecule has 1 unspecified atom stereocenters. The Morgan fingerprint density at radius 1 is 1.44 bits per heavy atom. The molecule has 1 aromatic rings. The number of nitrogens with zero attached hydrogens (tertiary/aromatic N) is 1. The van der Waals surface area contributed by atoms with Crippen LogP contribution in [-0.2, 0) is 4.74 Å². The average Bonchev–Trinajstić information content (AvgIpc) is 3.21. The third kappa shape index (κ3) is 2.38. The molecular formula is C13H17BrN2O2.